The zero-order chi connectivity index (χ0) is 19.3. The van der Waals surface area contributed by atoms with Gasteiger partial charge in [0.05, 0.1) is 12.1 Å². The lowest BCUT2D eigenvalue weighted by molar-refractivity contribution is 0.144. The molecule has 1 fully saturated rings. The Bertz CT molecular complexity index is 864. The van der Waals surface area contributed by atoms with E-state index in [9.17, 15) is 5.11 Å². The molecule has 0 bridgehead atoms. The number of nitrogens with two attached hydrogens (primary N) is 1. The van der Waals surface area contributed by atoms with Crippen LogP contribution in [-0.4, -0.2) is 11.7 Å². The van der Waals surface area contributed by atoms with Gasteiger partial charge in [0.15, 0.2) is 0 Å². The number of rotatable bonds is 7. The normalized spacial score (nSPS) is 19.9. The number of hydrogen-bond acceptors (Lipinski definition) is 3. The van der Waals surface area contributed by atoms with Crippen molar-refractivity contribution in [2.75, 3.05) is 11.4 Å². The first-order chi connectivity index (χ1) is 13.8. The fourth-order valence-corrected chi connectivity index (χ4v) is 4.24. The fourth-order valence-electron chi connectivity index (χ4n) is 4.24. The van der Waals surface area contributed by atoms with Gasteiger partial charge in [-0.2, -0.15) is 0 Å². The van der Waals surface area contributed by atoms with E-state index >= 15 is 0 Å². The van der Waals surface area contributed by atoms with Gasteiger partial charge in [-0.1, -0.05) is 72.8 Å². The first-order valence-corrected chi connectivity index (χ1v) is 10.1. The molecule has 0 aliphatic carbocycles. The summed E-state index contributed by atoms with van der Waals surface area (Å²) < 4.78 is 0. The van der Waals surface area contributed by atoms with E-state index in [2.05, 4.69) is 59.5 Å². The molecule has 0 saturated carbocycles. The summed E-state index contributed by atoms with van der Waals surface area (Å²) in [6.07, 6.45) is 1.40. The van der Waals surface area contributed by atoms with Crippen molar-refractivity contribution in [1.29, 1.82) is 0 Å². The Balaban J connectivity index is 1.48. The summed E-state index contributed by atoms with van der Waals surface area (Å²) in [6.45, 7) is 1.59. The van der Waals surface area contributed by atoms with Crippen LogP contribution in [0.5, 0.6) is 0 Å². The van der Waals surface area contributed by atoms with Gasteiger partial charge < -0.3 is 15.7 Å². The number of anilines is 1. The van der Waals surface area contributed by atoms with Crippen molar-refractivity contribution in [3.05, 3.63) is 102 Å². The van der Waals surface area contributed by atoms with Crippen molar-refractivity contribution in [1.82, 2.24) is 0 Å². The molecule has 3 aromatic carbocycles. The molecule has 1 aliphatic rings. The van der Waals surface area contributed by atoms with Gasteiger partial charge in [0.2, 0.25) is 0 Å². The maximum absolute atomic E-state index is 10.6. The highest BCUT2D eigenvalue weighted by molar-refractivity contribution is 5.53. The Morgan fingerprint density at radius 2 is 1.54 bits per heavy atom. The van der Waals surface area contributed by atoms with Crippen LogP contribution in [0.3, 0.4) is 0 Å². The molecular weight excluding hydrogens is 344 g/mol. The lowest BCUT2D eigenvalue weighted by Gasteiger charge is -2.50. The van der Waals surface area contributed by atoms with E-state index < -0.39 is 6.10 Å². The number of aliphatic hydroxyl groups is 1. The Morgan fingerprint density at radius 1 is 0.893 bits per heavy atom. The lowest BCUT2D eigenvalue weighted by Crippen LogP contribution is -2.50. The predicted molar refractivity (Wildman–Crippen MR) is 115 cm³/mol. The molecule has 0 amide bonds. The molecule has 1 heterocycles. The summed E-state index contributed by atoms with van der Waals surface area (Å²) in [5, 5.41) is 10.6. The van der Waals surface area contributed by atoms with Crippen LogP contribution in [0.1, 0.15) is 41.7 Å². The quantitative estimate of drug-likeness (QED) is 0.624. The molecule has 3 unspecified atom stereocenters. The smallest absolute Gasteiger partial charge is 0.0790 e. The molecule has 1 aliphatic heterocycles. The van der Waals surface area contributed by atoms with Crippen LogP contribution in [0.2, 0.25) is 0 Å². The van der Waals surface area contributed by atoms with Gasteiger partial charge >= 0.3 is 0 Å². The van der Waals surface area contributed by atoms with Gasteiger partial charge in [-0.05, 0) is 41.7 Å². The first kappa shape index (κ1) is 18.7. The maximum atomic E-state index is 10.6. The van der Waals surface area contributed by atoms with Crippen LogP contribution in [0, 0.1) is 5.92 Å². The van der Waals surface area contributed by atoms with Gasteiger partial charge in [0.1, 0.15) is 0 Å². The van der Waals surface area contributed by atoms with Crippen LogP contribution in [0.4, 0.5) is 5.69 Å². The van der Waals surface area contributed by atoms with Gasteiger partial charge in [0.25, 0.3) is 0 Å². The van der Waals surface area contributed by atoms with Crippen LogP contribution in [0.15, 0.2) is 84.9 Å². The molecule has 28 heavy (non-hydrogen) atoms. The van der Waals surface area contributed by atoms with Crippen molar-refractivity contribution in [2.24, 2.45) is 11.7 Å². The van der Waals surface area contributed by atoms with Gasteiger partial charge in [-0.15, -0.1) is 0 Å². The summed E-state index contributed by atoms with van der Waals surface area (Å²) in [5.41, 5.74) is 10.5. The van der Waals surface area contributed by atoms with Crippen molar-refractivity contribution in [3.8, 4) is 0 Å². The zero-order valence-corrected chi connectivity index (χ0v) is 16.1. The number of aliphatic hydroxyl groups excluding tert-OH is 1. The average Bonchev–Trinajstić information content (AvgIpc) is 2.74. The Labute approximate surface area is 167 Å². The van der Waals surface area contributed by atoms with Crippen molar-refractivity contribution < 1.29 is 5.11 Å². The highest BCUT2D eigenvalue weighted by atomic mass is 16.3. The first-order valence-electron chi connectivity index (χ1n) is 10.1. The van der Waals surface area contributed by atoms with E-state index in [1.54, 1.807) is 0 Å². The molecule has 0 spiro atoms. The third-order valence-electron chi connectivity index (χ3n) is 5.85. The topological polar surface area (TPSA) is 49.5 Å². The van der Waals surface area contributed by atoms with E-state index in [1.165, 1.54) is 11.3 Å². The number of benzene rings is 3. The minimum atomic E-state index is -0.393. The highest BCUT2D eigenvalue weighted by Crippen LogP contribution is 2.45. The molecule has 3 heteroatoms. The minimum Gasteiger partial charge on any atom is -0.388 e. The highest BCUT2D eigenvalue weighted by Gasteiger charge is 2.39. The third-order valence-corrected chi connectivity index (χ3v) is 5.85. The van der Waals surface area contributed by atoms with E-state index in [4.69, 9.17) is 5.73 Å². The largest absolute Gasteiger partial charge is 0.388 e. The SMILES string of the molecule is NCc1ccc(N2CC(CCC(O)c3ccccc3)C2c2ccccc2)cc1. The van der Waals surface area contributed by atoms with Crippen molar-refractivity contribution in [2.45, 2.75) is 31.5 Å². The van der Waals surface area contributed by atoms with Crippen LogP contribution >= 0.6 is 0 Å². The third kappa shape index (κ3) is 3.96. The molecule has 3 nitrogen and oxygen atoms in total. The molecule has 0 aromatic heterocycles. The average molecular weight is 373 g/mol. The van der Waals surface area contributed by atoms with E-state index in [0.29, 0.717) is 18.5 Å². The molecule has 3 N–H and O–H groups in total. The summed E-state index contributed by atoms with van der Waals surface area (Å²) in [4.78, 5) is 2.47. The molecule has 0 radical (unpaired) electrons. The molecule has 3 aromatic rings. The van der Waals surface area contributed by atoms with E-state index in [0.717, 1.165) is 30.5 Å². The van der Waals surface area contributed by atoms with Crippen LogP contribution in [-0.2, 0) is 6.54 Å². The van der Waals surface area contributed by atoms with Gasteiger partial charge in [-0.3, -0.25) is 0 Å². The second-order valence-electron chi connectivity index (χ2n) is 7.64. The van der Waals surface area contributed by atoms with Crippen LogP contribution in [0.25, 0.3) is 0 Å². The number of nitrogens with zero attached hydrogens (tertiary/aromatic N) is 1. The minimum absolute atomic E-state index is 0.355. The molecular formula is C25H28N2O. The Morgan fingerprint density at radius 3 is 2.18 bits per heavy atom. The van der Waals surface area contributed by atoms with E-state index in [1.807, 2.05) is 30.3 Å². The Hall–Kier alpha value is -2.62. The second kappa shape index (κ2) is 8.59. The van der Waals surface area contributed by atoms with E-state index in [-0.39, 0.29) is 0 Å². The second-order valence-corrected chi connectivity index (χ2v) is 7.64. The van der Waals surface area contributed by atoms with Crippen molar-refractivity contribution in [3.63, 3.8) is 0 Å². The fraction of sp³-hybridized carbons (Fsp3) is 0.280. The summed E-state index contributed by atoms with van der Waals surface area (Å²) in [5.74, 6) is 0.537. The molecule has 3 atom stereocenters. The van der Waals surface area contributed by atoms with Gasteiger partial charge in [-0.25, -0.2) is 0 Å². The Kier molecular flexibility index (Phi) is 5.75. The van der Waals surface area contributed by atoms with Crippen molar-refractivity contribution >= 4 is 5.69 Å². The molecule has 144 valence electrons. The standard InChI is InChI=1S/C25H28N2O/c26-17-19-11-14-23(15-12-19)27-18-22(25(27)21-9-5-2-6-10-21)13-16-24(28)20-7-3-1-4-8-20/h1-12,14-15,22,24-25,28H,13,16-18,26H2. The predicted octanol–water partition coefficient (Wildman–Crippen LogP) is 4.84. The number of hydrogen-bond donors (Lipinski definition) is 2. The summed E-state index contributed by atoms with van der Waals surface area (Å²) >= 11 is 0. The summed E-state index contributed by atoms with van der Waals surface area (Å²) in [6, 6.07) is 29.6. The van der Waals surface area contributed by atoms with Gasteiger partial charge in [0, 0.05) is 24.7 Å². The zero-order valence-electron chi connectivity index (χ0n) is 16.1. The monoisotopic (exact) mass is 372 g/mol. The molecule has 4 rings (SSSR count). The van der Waals surface area contributed by atoms with Crippen LogP contribution < -0.4 is 10.6 Å². The summed E-state index contributed by atoms with van der Waals surface area (Å²) in [7, 11) is 0. The molecule has 1 saturated heterocycles. The maximum Gasteiger partial charge on any atom is 0.0790 e. The lowest BCUT2D eigenvalue weighted by atomic mass is 9.79.